The lowest BCUT2D eigenvalue weighted by Gasteiger charge is -2.21. The van der Waals surface area contributed by atoms with Gasteiger partial charge in [-0.15, -0.1) is 0 Å². The minimum atomic E-state index is -0.189. The van der Waals surface area contributed by atoms with Crippen molar-refractivity contribution in [3.63, 3.8) is 0 Å². The van der Waals surface area contributed by atoms with Gasteiger partial charge in [-0.25, -0.2) is 4.98 Å². The number of carbonyl (C=O) groups excluding carboxylic acids is 1. The van der Waals surface area contributed by atoms with Gasteiger partial charge >= 0.3 is 0 Å². The van der Waals surface area contributed by atoms with Crippen LogP contribution >= 0.6 is 0 Å². The topological polar surface area (TPSA) is 66.5 Å². The number of pyridine rings is 1. The molecule has 3 rings (SSSR count). The molecular weight excluding hydrogens is 364 g/mol. The summed E-state index contributed by atoms with van der Waals surface area (Å²) in [5.74, 6) is 1.09. The van der Waals surface area contributed by atoms with Crippen LogP contribution in [0.4, 0.5) is 22.9 Å². The van der Waals surface area contributed by atoms with Crippen LogP contribution in [0.15, 0.2) is 66.9 Å². The summed E-state index contributed by atoms with van der Waals surface area (Å²) in [5, 5.41) is 6.13. The molecule has 0 saturated carbocycles. The Balaban J connectivity index is 1.71. The van der Waals surface area contributed by atoms with E-state index >= 15 is 0 Å². The molecule has 0 aliphatic rings. The Morgan fingerprint density at radius 2 is 1.76 bits per heavy atom. The molecule has 1 aromatic heterocycles. The van der Waals surface area contributed by atoms with E-state index in [0.717, 1.165) is 30.2 Å². The van der Waals surface area contributed by atoms with Crippen molar-refractivity contribution in [1.82, 2.24) is 4.98 Å². The molecule has 3 aromatic rings. The Morgan fingerprint density at radius 3 is 2.45 bits per heavy atom. The maximum atomic E-state index is 12.7. The molecular formula is C23H26N4O2. The van der Waals surface area contributed by atoms with E-state index in [1.54, 1.807) is 25.4 Å². The Hall–Kier alpha value is -3.54. The van der Waals surface area contributed by atoms with E-state index in [1.165, 1.54) is 0 Å². The summed E-state index contributed by atoms with van der Waals surface area (Å²) in [4.78, 5) is 19.2. The first kappa shape index (κ1) is 20.2. The molecule has 150 valence electrons. The molecule has 0 saturated heterocycles. The highest BCUT2D eigenvalue weighted by Gasteiger charge is 2.10. The number of hydrogen-bond acceptors (Lipinski definition) is 5. The fourth-order valence-electron chi connectivity index (χ4n) is 3.07. The maximum absolute atomic E-state index is 12.7. The van der Waals surface area contributed by atoms with E-state index < -0.39 is 0 Å². The lowest BCUT2D eigenvalue weighted by Crippen LogP contribution is -2.21. The van der Waals surface area contributed by atoms with Gasteiger partial charge in [0.25, 0.3) is 5.91 Å². The molecule has 1 amide bonds. The SMILES string of the molecule is CCN(CC)c1ccc(NC(=O)c2ccnc(Nc3ccccc3OC)c2)cc1. The largest absolute Gasteiger partial charge is 0.495 e. The van der Waals surface area contributed by atoms with E-state index in [9.17, 15) is 4.79 Å². The zero-order chi connectivity index (χ0) is 20.6. The highest BCUT2D eigenvalue weighted by molar-refractivity contribution is 6.04. The summed E-state index contributed by atoms with van der Waals surface area (Å²) in [6, 6.07) is 18.8. The fraction of sp³-hybridized carbons (Fsp3) is 0.217. The fourth-order valence-corrected chi connectivity index (χ4v) is 3.07. The van der Waals surface area contributed by atoms with Gasteiger partial charge in [0.2, 0.25) is 0 Å². The second kappa shape index (κ2) is 9.59. The number of ether oxygens (including phenoxy) is 1. The smallest absolute Gasteiger partial charge is 0.255 e. The highest BCUT2D eigenvalue weighted by Crippen LogP contribution is 2.26. The summed E-state index contributed by atoms with van der Waals surface area (Å²) in [7, 11) is 1.61. The van der Waals surface area contributed by atoms with Gasteiger partial charge in [-0.2, -0.15) is 0 Å². The Labute approximate surface area is 171 Å². The quantitative estimate of drug-likeness (QED) is 0.571. The van der Waals surface area contributed by atoms with E-state index in [1.807, 2.05) is 48.5 Å². The first-order chi connectivity index (χ1) is 14.1. The number of anilines is 4. The van der Waals surface area contributed by atoms with Crippen molar-refractivity contribution in [3.8, 4) is 5.75 Å². The van der Waals surface area contributed by atoms with Gasteiger partial charge in [0, 0.05) is 36.2 Å². The summed E-state index contributed by atoms with van der Waals surface area (Å²) < 4.78 is 5.34. The monoisotopic (exact) mass is 390 g/mol. The first-order valence-electron chi connectivity index (χ1n) is 9.67. The van der Waals surface area contributed by atoms with E-state index in [2.05, 4.69) is 34.4 Å². The summed E-state index contributed by atoms with van der Waals surface area (Å²) in [6.07, 6.45) is 1.61. The number of carbonyl (C=O) groups is 1. The molecule has 0 bridgehead atoms. The summed E-state index contributed by atoms with van der Waals surface area (Å²) in [6.45, 7) is 6.14. The molecule has 1 heterocycles. The van der Waals surface area contributed by atoms with E-state index in [-0.39, 0.29) is 5.91 Å². The van der Waals surface area contributed by atoms with Crippen molar-refractivity contribution in [2.75, 3.05) is 35.7 Å². The number of aromatic nitrogens is 1. The van der Waals surface area contributed by atoms with Crippen molar-refractivity contribution in [3.05, 3.63) is 72.4 Å². The standard InChI is InChI=1S/C23H26N4O2/c1-4-27(5-2)19-12-10-18(11-13-19)25-23(28)17-14-15-24-22(16-17)26-20-8-6-7-9-21(20)29-3/h6-16H,4-5H2,1-3H3,(H,24,26)(H,25,28). The predicted octanol–water partition coefficient (Wildman–Crippen LogP) is 4.93. The van der Waals surface area contributed by atoms with Crippen molar-refractivity contribution in [2.24, 2.45) is 0 Å². The molecule has 6 nitrogen and oxygen atoms in total. The molecule has 0 spiro atoms. The lowest BCUT2D eigenvalue weighted by molar-refractivity contribution is 0.102. The normalized spacial score (nSPS) is 10.3. The van der Waals surface area contributed by atoms with Gasteiger partial charge in [0.05, 0.1) is 12.8 Å². The number of hydrogen-bond donors (Lipinski definition) is 2. The molecule has 0 aliphatic carbocycles. The summed E-state index contributed by atoms with van der Waals surface area (Å²) >= 11 is 0. The third-order valence-electron chi connectivity index (χ3n) is 4.65. The second-order valence-corrected chi connectivity index (χ2v) is 6.43. The average Bonchev–Trinajstić information content (AvgIpc) is 2.76. The van der Waals surface area contributed by atoms with Crippen molar-refractivity contribution in [2.45, 2.75) is 13.8 Å². The van der Waals surface area contributed by atoms with Gasteiger partial charge in [-0.1, -0.05) is 12.1 Å². The minimum absolute atomic E-state index is 0.189. The van der Waals surface area contributed by atoms with Crippen LogP contribution in [0.5, 0.6) is 5.75 Å². The van der Waals surface area contributed by atoms with E-state index in [4.69, 9.17) is 4.74 Å². The van der Waals surface area contributed by atoms with Crippen LogP contribution in [0.3, 0.4) is 0 Å². The lowest BCUT2D eigenvalue weighted by atomic mass is 10.2. The van der Waals surface area contributed by atoms with Crippen LogP contribution in [-0.2, 0) is 0 Å². The highest BCUT2D eigenvalue weighted by atomic mass is 16.5. The molecule has 0 unspecified atom stereocenters. The number of rotatable bonds is 8. The molecule has 29 heavy (non-hydrogen) atoms. The summed E-state index contributed by atoms with van der Waals surface area (Å²) in [5.41, 5.74) is 3.19. The van der Waals surface area contributed by atoms with Crippen molar-refractivity contribution < 1.29 is 9.53 Å². The van der Waals surface area contributed by atoms with Crippen molar-refractivity contribution >= 4 is 28.8 Å². The van der Waals surface area contributed by atoms with Gasteiger partial charge in [0.1, 0.15) is 11.6 Å². The zero-order valence-corrected chi connectivity index (χ0v) is 17.0. The number of methoxy groups -OCH3 is 1. The van der Waals surface area contributed by atoms with Crippen LogP contribution in [-0.4, -0.2) is 31.1 Å². The number of benzene rings is 2. The van der Waals surface area contributed by atoms with Gasteiger partial charge < -0.3 is 20.3 Å². The number of nitrogens with zero attached hydrogens (tertiary/aromatic N) is 2. The third-order valence-corrected chi connectivity index (χ3v) is 4.65. The molecule has 6 heteroatoms. The van der Waals surface area contributed by atoms with E-state index in [0.29, 0.717) is 17.1 Å². The predicted molar refractivity (Wildman–Crippen MR) is 118 cm³/mol. The molecule has 2 aromatic carbocycles. The molecule has 2 N–H and O–H groups in total. The van der Waals surface area contributed by atoms with Crippen LogP contribution in [0.1, 0.15) is 24.2 Å². The second-order valence-electron chi connectivity index (χ2n) is 6.43. The minimum Gasteiger partial charge on any atom is -0.495 e. The van der Waals surface area contributed by atoms with Gasteiger partial charge in [-0.3, -0.25) is 4.79 Å². The van der Waals surface area contributed by atoms with Gasteiger partial charge in [0.15, 0.2) is 0 Å². The maximum Gasteiger partial charge on any atom is 0.255 e. The van der Waals surface area contributed by atoms with Crippen LogP contribution < -0.4 is 20.3 Å². The van der Waals surface area contributed by atoms with Crippen LogP contribution in [0.2, 0.25) is 0 Å². The van der Waals surface area contributed by atoms with Crippen LogP contribution in [0.25, 0.3) is 0 Å². The third kappa shape index (κ3) is 5.04. The Bertz CT molecular complexity index is 953. The molecule has 0 fully saturated rings. The number of para-hydroxylation sites is 2. The molecule has 0 aliphatic heterocycles. The Kier molecular flexibility index (Phi) is 6.68. The van der Waals surface area contributed by atoms with Crippen LogP contribution in [0, 0.1) is 0 Å². The molecule has 0 radical (unpaired) electrons. The number of amides is 1. The first-order valence-corrected chi connectivity index (χ1v) is 9.67. The molecule has 0 atom stereocenters. The zero-order valence-electron chi connectivity index (χ0n) is 17.0. The number of nitrogens with one attached hydrogen (secondary N) is 2. The average molecular weight is 390 g/mol. The van der Waals surface area contributed by atoms with Gasteiger partial charge in [-0.05, 0) is 62.4 Å². The Morgan fingerprint density at radius 1 is 1.03 bits per heavy atom. The van der Waals surface area contributed by atoms with Crippen molar-refractivity contribution in [1.29, 1.82) is 0 Å².